The molecule has 1 saturated carbocycles. The van der Waals surface area contributed by atoms with Crippen molar-refractivity contribution in [1.82, 2.24) is 0 Å². The van der Waals surface area contributed by atoms with Gasteiger partial charge in [-0.2, -0.15) is 0 Å². The third-order valence-electron chi connectivity index (χ3n) is 4.06. The summed E-state index contributed by atoms with van der Waals surface area (Å²) in [6, 6.07) is 4.49. The highest BCUT2D eigenvalue weighted by Crippen LogP contribution is 2.37. The summed E-state index contributed by atoms with van der Waals surface area (Å²) in [5.41, 5.74) is 5.02. The van der Waals surface area contributed by atoms with Crippen molar-refractivity contribution in [1.29, 1.82) is 0 Å². The van der Waals surface area contributed by atoms with E-state index in [0.29, 0.717) is 12.8 Å². The normalized spacial score (nSPS) is 17.8. The minimum atomic E-state index is -0.888. The van der Waals surface area contributed by atoms with E-state index in [1.165, 1.54) is 12.1 Å². The molecule has 1 aliphatic carbocycles. The van der Waals surface area contributed by atoms with Crippen molar-refractivity contribution in [3.05, 3.63) is 29.0 Å². The van der Waals surface area contributed by atoms with Crippen LogP contribution in [0.5, 0.6) is 0 Å². The lowest BCUT2D eigenvalue weighted by Gasteiger charge is -2.30. The first-order valence-electron chi connectivity index (χ1n) is 7.03. The quantitative estimate of drug-likeness (QED) is 0.650. The van der Waals surface area contributed by atoms with Gasteiger partial charge in [0.25, 0.3) is 0 Å². The molecule has 6 heteroatoms. The largest absolute Gasteiger partial charge is 0.392 e. The van der Waals surface area contributed by atoms with Crippen LogP contribution in [0, 0.1) is 11.2 Å². The molecule has 0 heterocycles. The smallest absolute Gasteiger partial charge is 0.237 e. The summed E-state index contributed by atoms with van der Waals surface area (Å²) in [5, 5.41) is 2.58. The predicted molar refractivity (Wildman–Crippen MR) is 87.0 cm³/mol. The first-order valence-corrected chi connectivity index (χ1v) is 7.81. The average Bonchev–Trinajstić information content (AvgIpc) is 2.70. The molecule has 0 spiro atoms. The second-order valence-corrected chi connectivity index (χ2v) is 6.26. The van der Waals surface area contributed by atoms with Gasteiger partial charge in [0.1, 0.15) is 0 Å². The van der Waals surface area contributed by atoms with Crippen LogP contribution in [0.3, 0.4) is 0 Å². The van der Waals surface area contributed by atoms with Crippen molar-refractivity contribution < 1.29 is 9.18 Å². The third-order valence-corrected chi connectivity index (χ3v) is 4.75. The molecule has 0 aromatic heterocycles. The Morgan fingerprint density at radius 1 is 1.29 bits per heavy atom. The Morgan fingerprint density at radius 3 is 2.48 bits per heavy atom. The number of nitrogens with two attached hydrogens (primary N) is 1. The summed E-state index contributed by atoms with van der Waals surface area (Å²) in [7, 11) is 0. The van der Waals surface area contributed by atoms with Crippen LogP contribution in [0.4, 0.5) is 10.1 Å². The fourth-order valence-electron chi connectivity index (χ4n) is 2.76. The van der Waals surface area contributed by atoms with Gasteiger partial charge in [-0.05, 0) is 25.0 Å². The summed E-state index contributed by atoms with van der Waals surface area (Å²) < 4.78 is 13.9. The number of halogens is 2. The molecule has 1 aliphatic rings. The Kier molecular flexibility index (Phi) is 5.17. The molecule has 0 saturated heterocycles. The zero-order valence-electron chi connectivity index (χ0n) is 11.6. The van der Waals surface area contributed by atoms with Gasteiger partial charge in [0.05, 0.1) is 21.1 Å². The number of hydrogen-bond donors (Lipinski definition) is 2. The summed E-state index contributed by atoms with van der Waals surface area (Å²) in [6.45, 7) is 0. The molecule has 1 aromatic rings. The van der Waals surface area contributed by atoms with Crippen LogP contribution >= 0.6 is 23.8 Å². The molecular weight excluding hydrogens is 311 g/mol. The summed E-state index contributed by atoms with van der Waals surface area (Å²) >= 11 is 10.9. The van der Waals surface area contributed by atoms with Crippen LogP contribution in [-0.2, 0) is 4.79 Å². The Morgan fingerprint density at radius 2 is 1.90 bits per heavy atom. The molecule has 1 amide bonds. The van der Waals surface area contributed by atoms with Gasteiger partial charge in [-0.15, -0.1) is 0 Å². The fourth-order valence-corrected chi connectivity index (χ4v) is 3.23. The summed E-state index contributed by atoms with van der Waals surface area (Å²) in [6.07, 6.45) is 5.12. The fraction of sp³-hybridized carbons (Fsp3) is 0.467. The average molecular weight is 329 g/mol. The molecule has 0 aliphatic heterocycles. The van der Waals surface area contributed by atoms with Crippen LogP contribution in [0.25, 0.3) is 0 Å². The SMILES string of the molecule is NC(=S)C1(C(=O)Nc2cccc(Cl)c2F)CCCCCC1. The first kappa shape index (κ1) is 16.2. The Balaban J connectivity index is 2.27. The molecule has 3 N–H and O–H groups in total. The van der Waals surface area contributed by atoms with Gasteiger partial charge < -0.3 is 11.1 Å². The lowest BCUT2D eigenvalue weighted by Crippen LogP contribution is -2.45. The maximum atomic E-state index is 13.9. The van der Waals surface area contributed by atoms with E-state index in [1.807, 2.05) is 0 Å². The Labute approximate surface area is 134 Å². The number of thiocarbonyl (C=S) groups is 1. The molecule has 0 unspecified atom stereocenters. The van der Waals surface area contributed by atoms with Crippen LogP contribution in [0.2, 0.25) is 5.02 Å². The van der Waals surface area contributed by atoms with E-state index < -0.39 is 11.2 Å². The van der Waals surface area contributed by atoms with Gasteiger partial charge in [-0.1, -0.05) is 55.6 Å². The van der Waals surface area contributed by atoms with Crippen molar-refractivity contribution in [2.24, 2.45) is 11.1 Å². The third kappa shape index (κ3) is 3.35. The number of hydrogen-bond acceptors (Lipinski definition) is 2. The van der Waals surface area contributed by atoms with E-state index >= 15 is 0 Å². The highest BCUT2D eigenvalue weighted by molar-refractivity contribution is 7.80. The molecule has 1 aromatic carbocycles. The minimum absolute atomic E-state index is 0.0296. The molecular formula is C15H18ClFN2OS. The van der Waals surface area contributed by atoms with Gasteiger partial charge in [0.2, 0.25) is 5.91 Å². The van der Waals surface area contributed by atoms with E-state index in [4.69, 9.17) is 29.6 Å². The second-order valence-electron chi connectivity index (χ2n) is 5.42. The molecule has 2 rings (SSSR count). The zero-order chi connectivity index (χ0) is 15.5. The van der Waals surface area contributed by atoms with Crippen LogP contribution in [0.1, 0.15) is 38.5 Å². The number of rotatable bonds is 3. The van der Waals surface area contributed by atoms with E-state index in [-0.39, 0.29) is 21.6 Å². The number of benzene rings is 1. The lowest BCUT2D eigenvalue weighted by atomic mass is 9.79. The highest BCUT2D eigenvalue weighted by atomic mass is 35.5. The monoisotopic (exact) mass is 328 g/mol. The number of nitrogens with one attached hydrogen (secondary N) is 1. The van der Waals surface area contributed by atoms with E-state index in [2.05, 4.69) is 5.32 Å². The van der Waals surface area contributed by atoms with E-state index in [0.717, 1.165) is 25.7 Å². The topological polar surface area (TPSA) is 55.1 Å². The zero-order valence-corrected chi connectivity index (χ0v) is 13.2. The van der Waals surface area contributed by atoms with Crippen LogP contribution in [0.15, 0.2) is 18.2 Å². The molecule has 0 radical (unpaired) electrons. The lowest BCUT2D eigenvalue weighted by molar-refractivity contribution is -0.122. The van der Waals surface area contributed by atoms with Crippen molar-refractivity contribution in [2.45, 2.75) is 38.5 Å². The van der Waals surface area contributed by atoms with Gasteiger partial charge in [-0.25, -0.2) is 4.39 Å². The minimum Gasteiger partial charge on any atom is -0.392 e. The van der Waals surface area contributed by atoms with Crippen molar-refractivity contribution in [3.63, 3.8) is 0 Å². The van der Waals surface area contributed by atoms with Crippen molar-refractivity contribution in [2.75, 3.05) is 5.32 Å². The van der Waals surface area contributed by atoms with Crippen LogP contribution in [-0.4, -0.2) is 10.9 Å². The van der Waals surface area contributed by atoms with Gasteiger partial charge in [-0.3, -0.25) is 4.79 Å². The van der Waals surface area contributed by atoms with Crippen LogP contribution < -0.4 is 11.1 Å². The van der Waals surface area contributed by atoms with Gasteiger partial charge >= 0.3 is 0 Å². The standard InChI is InChI=1S/C15H18ClFN2OS/c16-10-6-5-7-11(12(10)17)19-14(20)15(13(18)21)8-3-1-2-4-9-15/h5-7H,1-4,8-9H2,(H2,18,21)(H,19,20). The predicted octanol–water partition coefficient (Wildman–Crippen LogP) is 4.04. The highest BCUT2D eigenvalue weighted by Gasteiger charge is 2.41. The van der Waals surface area contributed by atoms with Crippen molar-refractivity contribution in [3.8, 4) is 0 Å². The molecule has 114 valence electrons. The first-order chi connectivity index (χ1) is 9.97. The number of anilines is 1. The molecule has 1 fully saturated rings. The van der Waals surface area contributed by atoms with E-state index in [9.17, 15) is 9.18 Å². The van der Waals surface area contributed by atoms with Gasteiger partial charge in [0, 0.05) is 0 Å². The molecule has 0 atom stereocenters. The summed E-state index contributed by atoms with van der Waals surface area (Å²) in [4.78, 5) is 12.8. The van der Waals surface area contributed by atoms with Crippen molar-refractivity contribution >= 4 is 40.4 Å². The second kappa shape index (κ2) is 6.71. The Hall–Kier alpha value is -1.20. The van der Waals surface area contributed by atoms with Gasteiger partial charge in [0.15, 0.2) is 5.82 Å². The Bertz CT molecular complexity index is 557. The number of amides is 1. The molecule has 3 nitrogen and oxygen atoms in total. The van der Waals surface area contributed by atoms with E-state index in [1.54, 1.807) is 6.07 Å². The molecule has 21 heavy (non-hydrogen) atoms. The molecule has 0 bridgehead atoms. The number of carbonyl (C=O) groups excluding carboxylic acids is 1. The maximum absolute atomic E-state index is 13.9. The number of carbonyl (C=O) groups is 1. The maximum Gasteiger partial charge on any atom is 0.237 e. The summed E-state index contributed by atoms with van der Waals surface area (Å²) in [5.74, 6) is -0.975.